The van der Waals surface area contributed by atoms with Gasteiger partial charge in [0.15, 0.2) is 0 Å². The number of nitrogen functional groups attached to an aromatic ring is 1. The van der Waals surface area contributed by atoms with Gasteiger partial charge in [0.25, 0.3) is 5.91 Å². The summed E-state index contributed by atoms with van der Waals surface area (Å²) in [6.45, 7) is 0. The van der Waals surface area contributed by atoms with E-state index >= 15 is 0 Å². The van der Waals surface area contributed by atoms with E-state index in [1.165, 1.54) is 7.11 Å². The van der Waals surface area contributed by atoms with E-state index in [0.717, 1.165) is 8.95 Å². The molecular weight excluding hydrogens is 388 g/mol. The van der Waals surface area contributed by atoms with Crippen LogP contribution in [0.1, 0.15) is 10.4 Å². The second-order valence-corrected chi connectivity index (χ2v) is 5.90. The van der Waals surface area contributed by atoms with Crippen molar-refractivity contribution in [3.05, 3.63) is 50.9 Å². The summed E-state index contributed by atoms with van der Waals surface area (Å²) in [7, 11) is 1.53. The summed E-state index contributed by atoms with van der Waals surface area (Å²) >= 11 is 6.71. The van der Waals surface area contributed by atoms with E-state index < -0.39 is 0 Å². The number of methoxy groups -OCH3 is 1. The third-order valence-corrected chi connectivity index (χ3v) is 3.51. The van der Waals surface area contributed by atoms with Crippen molar-refractivity contribution in [2.24, 2.45) is 0 Å². The molecule has 4 nitrogen and oxygen atoms in total. The average molecular weight is 400 g/mol. The molecule has 6 heteroatoms. The first-order valence-corrected chi connectivity index (χ1v) is 7.29. The zero-order valence-corrected chi connectivity index (χ0v) is 13.8. The Kier molecular flexibility index (Phi) is 4.67. The molecule has 0 aliphatic heterocycles. The second-order valence-electron chi connectivity index (χ2n) is 4.07. The quantitative estimate of drug-likeness (QED) is 0.765. The summed E-state index contributed by atoms with van der Waals surface area (Å²) in [6, 6.07) is 10.4. The van der Waals surface area contributed by atoms with Gasteiger partial charge in [0.05, 0.1) is 12.8 Å². The first-order valence-electron chi connectivity index (χ1n) is 5.70. The smallest absolute Gasteiger partial charge is 0.255 e. The number of halogens is 2. The Hall–Kier alpha value is -1.53. The van der Waals surface area contributed by atoms with Gasteiger partial charge in [-0.25, -0.2) is 0 Å². The van der Waals surface area contributed by atoms with Crippen LogP contribution in [0.5, 0.6) is 5.75 Å². The Morgan fingerprint density at radius 1 is 1.15 bits per heavy atom. The number of amides is 1. The van der Waals surface area contributed by atoms with Crippen LogP contribution in [0.3, 0.4) is 0 Å². The summed E-state index contributed by atoms with van der Waals surface area (Å²) in [6.07, 6.45) is 0. The molecule has 2 rings (SSSR count). The van der Waals surface area contributed by atoms with Crippen molar-refractivity contribution < 1.29 is 9.53 Å². The van der Waals surface area contributed by atoms with Crippen LogP contribution in [0.25, 0.3) is 0 Å². The van der Waals surface area contributed by atoms with Crippen LogP contribution < -0.4 is 15.8 Å². The molecular formula is C14H12Br2N2O2. The predicted molar refractivity (Wildman–Crippen MR) is 87.2 cm³/mol. The lowest BCUT2D eigenvalue weighted by Crippen LogP contribution is -2.12. The van der Waals surface area contributed by atoms with Crippen molar-refractivity contribution in [1.29, 1.82) is 0 Å². The number of rotatable bonds is 3. The molecule has 0 saturated carbocycles. The minimum absolute atomic E-state index is 0.227. The van der Waals surface area contributed by atoms with Crippen LogP contribution in [-0.2, 0) is 0 Å². The van der Waals surface area contributed by atoms with Crippen molar-refractivity contribution in [3.8, 4) is 5.75 Å². The molecule has 3 N–H and O–H groups in total. The van der Waals surface area contributed by atoms with E-state index in [9.17, 15) is 4.79 Å². The molecule has 0 heterocycles. The molecule has 0 aliphatic rings. The number of carbonyl (C=O) groups excluding carboxylic acids is 1. The fraction of sp³-hybridized carbons (Fsp3) is 0.0714. The third-order valence-electron chi connectivity index (χ3n) is 2.60. The van der Waals surface area contributed by atoms with Crippen molar-refractivity contribution in [2.75, 3.05) is 18.2 Å². The van der Waals surface area contributed by atoms with Gasteiger partial charge in [-0.1, -0.05) is 31.9 Å². The molecule has 0 spiro atoms. The molecule has 2 aromatic rings. The molecule has 2 aromatic carbocycles. The Morgan fingerprint density at radius 2 is 1.80 bits per heavy atom. The maximum atomic E-state index is 12.2. The topological polar surface area (TPSA) is 64.3 Å². The molecule has 104 valence electrons. The standard InChI is InChI=1S/C14H12Br2N2O2/c1-20-13-7-11(17)2-3-12(13)18-14(19)8-4-9(15)6-10(16)5-8/h2-7H,17H2,1H3,(H,18,19). The molecule has 20 heavy (non-hydrogen) atoms. The van der Waals surface area contributed by atoms with Crippen molar-refractivity contribution in [2.45, 2.75) is 0 Å². The van der Waals surface area contributed by atoms with Gasteiger partial charge in [-0.15, -0.1) is 0 Å². The largest absolute Gasteiger partial charge is 0.494 e. The molecule has 0 unspecified atom stereocenters. The first-order chi connectivity index (χ1) is 9.49. The lowest BCUT2D eigenvalue weighted by Gasteiger charge is -2.11. The number of nitrogens with one attached hydrogen (secondary N) is 1. The average Bonchev–Trinajstić information content (AvgIpc) is 2.39. The Balaban J connectivity index is 2.27. The highest BCUT2D eigenvalue weighted by atomic mass is 79.9. The Morgan fingerprint density at radius 3 is 2.40 bits per heavy atom. The van der Waals surface area contributed by atoms with Gasteiger partial charge in [0.2, 0.25) is 0 Å². The zero-order valence-electron chi connectivity index (χ0n) is 10.6. The summed E-state index contributed by atoms with van der Waals surface area (Å²) in [5, 5.41) is 2.80. The van der Waals surface area contributed by atoms with Gasteiger partial charge >= 0.3 is 0 Å². The van der Waals surface area contributed by atoms with Gasteiger partial charge in [-0.2, -0.15) is 0 Å². The van der Waals surface area contributed by atoms with Crippen LogP contribution in [0.15, 0.2) is 45.3 Å². The highest BCUT2D eigenvalue weighted by Gasteiger charge is 2.11. The van der Waals surface area contributed by atoms with E-state index in [1.54, 1.807) is 30.3 Å². The maximum absolute atomic E-state index is 12.2. The van der Waals surface area contributed by atoms with Gasteiger partial charge in [-0.05, 0) is 30.3 Å². The molecule has 0 saturated heterocycles. The third kappa shape index (κ3) is 3.52. The number of ether oxygens (including phenoxy) is 1. The molecule has 0 radical (unpaired) electrons. The van der Waals surface area contributed by atoms with Crippen molar-refractivity contribution >= 4 is 49.1 Å². The molecule has 0 fully saturated rings. The highest BCUT2D eigenvalue weighted by Crippen LogP contribution is 2.28. The number of benzene rings is 2. The van der Waals surface area contributed by atoms with Crippen LogP contribution >= 0.6 is 31.9 Å². The first kappa shape index (κ1) is 14.9. The van der Waals surface area contributed by atoms with E-state index in [-0.39, 0.29) is 5.91 Å². The fourth-order valence-corrected chi connectivity index (χ4v) is 2.98. The monoisotopic (exact) mass is 398 g/mol. The number of nitrogens with two attached hydrogens (primary N) is 1. The highest BCUT2D eigenvalue weighted by molar-refractivity contribution is 9.11. The SMILES string of the molecule is COc1cc(N)ccc1NC(=O)c1cc(Br)cc(Br)c1. The number of hydrogen-bond acceptors (Lipinski definition) is 3. The summed E-state index contributed by atoms with van der Waals surface area (Å²) in [4.78, 5) is 12.2. The maximum Gasteiger partial charge on any atom is 0.255 e. The number of anilines is 2. The minimum Gasteiger partial charge on any atom is -0.494 e. The predicted octanol–water partition coefficient (Wildman–Crippen LogP) is 4.05. The van der Waals surface area contributed by atoms with E-state index in [2.05, 4.69) is 37.2 Å². The second kappa shape index (κ2) is 6.28. The van der Waals surface area contributed by atoms with Crippen LogP contribution in [0.4, 0.5) is 11.4 Å². The van der Waals surface area contributed by atoms with Crippen LogP contribution in [0, 0.1) is 0 Å². The Bertz CT molecular complexity index is 639. The van der Waals surface area contributed by atoms with Crippen molar-refractivity contribution in [1.82, 2.24) is 0 Å². The minimum atomic E-state index is -0.227. The van der Waals surface area contributed by atoms with E-state index in [1.807, 2.05) is 6.07 Å². The van der Waals surface area contributed by atoms with Gasteiger partial charge in [0, 0.05) is 26.3 Å². The van der Waals surface area contributed by atoms with E-state index in [0.29, 0.717) is 22.7 Å². The number of hydrogen-bond donors (Lipinski definition) is 2. The van der Waals surface area contributed by atoms with E-state index in [4.69, 9.17) is 10.5 Å². The molecule has 0 atom stereocenters. The summed E-state index contributed by atoms with van der Waals surface area (Å²) in [5.74, 6) is 0.294. The van der Waals surface area contributed by atoms with Gasteiger partial charge in [0.1, 0.15) is 5.75 Å². The molecule has 1 amide bonds. The summed E-state index contributed by atoms with van der Waals surface area (Å²) in [5.41, 5.74) is 7.36. The number of carbonyl (C=O) groups is 1. The van der Waals surface area contributed by atoms with Crippen LogP contribution in [0.2, 0.25) is 0 Å². The fourth-order valence-electron chi connectivity index (χ4n) is 1.69. The van der Waals surface area contributed by atoms with Crippen LogP contribution in [-0.4, -0.2) is 13.0 Å². The summed E-state index contributed by atoms with van der Waals surface area (Å²) < 4.78 is 6.84. The normalized spacial score (nSPS) is 10.2. The molecule has 0 aliphatic carbocycles. The van der Waals surface area contributed by atoms with Gasteiger partial charge in [-0.3, -0.25) is 4.79 Å². The lowest BCUT2D eigenvalue weighted by atomic mass is 10.2. The Labute approximate surface area is 133 Å². The van der Waals surface area contributed by atoms with Crippen molar-refractivity contribution in [3.63, 3.8) is 0 Å². The lowest BCUT2D eigenvalue weighted by molar-refractivity contribution is 0.102. The zero-order chi connectivity index (χ0) is 14.7. The molecule has 0 aromatic heterocycles. The molecule has 0 bridgehead atoms. The van der Waals surface area contributed by atoms with Gasteiger partial charge < -0.3 is 15.8 Å².